The Hall–Kier alpha value is -0.520. The van der Waals surface area contributed by atoms with Crippen LogP contribution >= 0.6 is 27.5 Å². The van der Waals surface area contributed by atoms with Crippen LogP contribution in [0.25, 0.3) is 0 Å². The van der Waals surface area contributed by atoms with Gasteiger partial charge in [-0.25, -0.2) is 4.39 Å². The van der Waals surface area contributed by atoms with E-state index in [1.807, 2.05) is 0 Å². The normalized spacial score (nSPS) is 12.5. The molecular formula is C9H10BrClFNO2. The Kier molecular flexibility index (Phi) is 4.63. The van der Waals surface area contributed by atoms with Gasteiger partial charge in [0.05, 0.1) is 22.1 Å². The maximum Gasteiger partial charge on any atom is 0.147 e. The molecule has 84 valence electrons. The number of phenols is 1. The van der Waals surface area contributed by atoms with Gasteiger partial charge in [0.25, 0.3) is 0 Å². The van der Waals surface area contributed by atoms with Gasteiger partial charge in [0.2, 0.25) is 0 Å². The van der Waals surface area contributed by atoms with Crippen molar-refractivity contribution in [2.75, 3.05) is 17.7 Å². The molecule has 1 unspecified atom stereocenters. The molecule has 0 bridgehead atoms. The van der Waals surface area contributed by atoms with Crippen molar-refractivity contribution in [2.24, 2.45) is 0 Å². The Balaban J connectivity index is 2.73. The number of anilines is 1. The summed E-state index contributed by atoms with van der Waals surface area (Å²) in [5, 5.41) is 21.1. The van der Waals surface area contributed by atoms with Crippen molar-refractivity contribution in [1.82, 2.24) is 0 Å². The van der Waals surface area contributed by atoms with E-state index in [2.05, 4.69) is 21.2 Å². The number of halogens is 3. The van der Waals surface area contributed by atoms with E-state index in [1.165, 1.54) is 6.07 Å². The first-order valence-electron chi connectivity index (χ1n) is 4.20. The van der Waals surface area contributed by atoms with E-state index in [0.717, 1.165) is 6.07 Å². The minimum atomic E-state index is -0.753. The van der Waals surface area contributed by atoms with Gasteiger partial charge in [0.15, 0.2) is 0 Å². The molecule has 0 fully saturated rings. The van der Waals surface area contributed by atoms with Gasteiger partial charge < -0.3 is 15.5 Å². The van der Waals surface area contributed by atoms with Crippen molar-refractivity contribution >= 4 is 33.2 Å². The van der Waals surface area contributed by atoms with Crippen LogP contribution in [0.3, 0.4) is 0 Å². The minimum Gasteiger partial charge on any atom is -0.507 e. The number of aliphatic hydroxyl groups is 1. The van der Waals surface area contributed by atoms with E-state index in [1.54, 1.807) is 0 Å². The maximum absolute atomic E-state index is 13.3. The lowest BCUT2D eigenvalue weighted by Gasteiger charge is -2.11. The smallest absolute Gasteiger partial charge is 0.147 e. The first-order valence-corrected chi connectivity index (χ1v) is 5.53. The van der Waals surface area contributed by atoms with Crippen molar-refractivity contribution in [3.8, 4) is 5.75 Å². The van der Waals surface area contributed by atoms with E-state index >= 15 is 0 Å². The third-order valence-electron chi connectivity index (χ3n) is 1.74. The number of alkyl halides is 1. The zero-order valence-electron chi connectivity index (χ0n) is 7.67. The molecule has 1 aromatic carbocycles. The van der Waals surface area contributed by atoms with Crippen LogP contribution in [-0.4, -0.2) is 28.7 Å². The molecule has 1 rings (SSSR count). The summed E-state index contributed by atoms with van der Waals surface area (Å²) in [5.74, 6) is -0.516. The first kappa shape index (κ1) is 12.5. The van der Waals surface area contributed by atoms with Crippen LogP contribution in [0.1, 0.15) is 0 Å². The molecule has 1 aromatic rings. The third-order valence-corrected chi connectivity index (χ3v) is 2.73. The predicted octanol–water partition coefficient (Wildman–Crippen LogP) is 2.31. The zero-order chi connectivity index (χ0) is 11.4. The number of aliphatic hydroxyl groups excluding tert-OH is 1. The molecule has 6 heteroatoms. The highest BCUT2D eigenvalue weighted by Gasteiger charge is 2.08. The molecule has 0 amide bonds. The molecule has 3 N–H and O–H groups in total. The number of hydrogen-bond donors (Lipinski definition) is 3. The van der Waals surface area contributed by atoms with Crippen molar-refractivity contribution in [3.63, 3.8) is 0 Å². The van der Waals surface area contributed by atoms with E-state index in [9.17, 15) is 9.50 Å². The molecular weight excluding hydrogens is 288 g/mol. The largest absolute Gasteiger partial charge is 0.507 e. The lowest BCUT2D eigenvalue weighted by atomic mass is 10.2. The molecule has 1 atom stereocenters. The van der Waals surface area contributed by atoms with Crippen LogP contribution in [0.4, 0.5) is 10.1 Å². The van der Waals surface area contributed by atoms with E-state index < -0.39 is 11.9 Å². The van der Waals surface area contributed by atoms with E-state index in [4.69, 9.17) is 16.7 Å². The average molecular weight is 299 g/mol. The second-order valence-electron chi connectivity index (χ2n) is 2.97. The summed E-state index contributed by atoms with van der Waals surface area (Å²) in [5.41, 5.74) is 0.125. The molecule has 0 saturated heterocycles. The Bertz CT molecular complexity index is 351. The van der Waals surface area contributed by atoms with Crippen LogP contribution in [0.15, 0.2) is 16.6 Å². The highest BCUT2D eigenvalue weighted by Crippen LogP contribution is 2.29. The number of nitrogens with one attached hydrogen (secondary N) is 1. The van der Waals surface area contributed by atoms with Crippen LogP contribution < -0.4 is 5.32 Å². The van der Waals surface area contributed by atoms with Gasteiger partial charge in [0, 0.05) is 12.6 Å². The summed E-state index contributed by atoms with van der Waals surface area (Å²) in [4.78, 5) is 0. The molecule has 0 aliphatic rings. The molecule has 0 aromatic heterocycles. The van der Waals surface area contributed by atoms with Gasteiger partial charge in [-0.3, -0.25) is 0 Å². The van der Waals surface area contributed by atoms with Gasteiger partial charge in [0.1, 0.15) is 11.6 Å². The average Bonchev–Trinajstić information content (AvgIpc) is 2.21. The fraction of sp³-hybridized carbons (Fsp3) is 0.333. The van der Waals surface area contributed by atoms with Crippen molar-refractivity contribution in [2.45, 2.75) is 6.10 Å². The number of rotatable bonds is 4. The van der Waals surface area contributed by atoms with Crippen molar-refractivity contribution in [1.29, 1.82) is 0 Å². The van der Waals surface area contributed by atoms with Gasteiger partial charge in [-0.2, -0.15) is 0 Å². The van der Waals surface area contributed by atoms with Crippen molar-refractivity contribution in [3.05, 3.63) is 22.4 Å². The number of hydrogen-bond acceptors (Lipinski definition) is 3. The molecule has 0 heterocycles. The summed E-state index contributed by atoms with van der Waals surface area (Å²) in [7, 11) is 0. The Labute approximate surface area is 100 Å². The van der Waals surface area contributed by atoms with Gasteiger partial charge in [-0.1, -0.05) is 0 Å². The quantitative estimate of drug-likeness (QED) is 0.748. The monoisotopic (exact) mass is 297 g/mol. The summed E-state index contributed by atoms with van der Waals surface area (Å²) in [6.45, 7) is 0.126. The minimum absolute atomic E-state index is 0.0666. The molecule has 3 nitrogen and oxygen atoms in total. The summed E-state index contributed by atoms with van der Waals surface area (Å²) < 4.78 is 13.5. The van der Waals surface area contributed by atoms with Crippen LogP contribution in [0.5, 0.6) is 5.75 Å². The fourth-order valence-electron chi connectivity index (χ4n) is 0.955. The number of benzene rings is 1. The van der Waals surface area contributed by atoms with Crippen LogP contribution in [0, 0.1) is 5.82 Å². The lowest BCUT2D eigenvalue weighted by Crippen LogP contribution is -2.21. The molecule has 0 spiro atoms. The van der Waals surface area contributed by atoms with Gasteiger partial charge >= 0.3 is 0 Å². The maximum atomic E-state index is 13.3. The molecule has 0 aliphatic heterocycles. The van der Waals surface area contributed by atoms with Gasteiger partial charge in [-0.05, 0) is 22.0 Å². The Morgan fingerprint density at radius 3 is 2.80 bits per heavy atom. The molecule has 0 aliphatic carbocycles. The highest BCUT2D eigenvalue weighted by molar-refractivity contribution is 9.10. The van der Waals surface area contributed by atoms with Gasteiger partial charge in [-0.15, -0.1) is 11.6 Å². The van der Waals surface area contributed by atoms with E-state index in [-0.39, 0.29) is 28.3 Å². The van der Waals surface area contributed by atoms with E-state index in [0.29, 0.717) is 0 Å². The standard InChI is InChI=1S/C9H10BrClFNO2/c10-6-1-7(12)8(2-9(6)15)13-4-5(14)3-11/h1-2,5,13-15H,3-4H2. The van der Waals surface area contributed by atoms with Crippen molar-refractivity contribution < 1.29 is 14.6 Å². The summed E-state index contributed by atoms with van der Waals surface area (Å²) in [6, 6.07) is 2.38. The second kappa shape index (κ2) is 5.53. The Morgan fingerprint density at radius 1 is 1.53 bits per heavy atom. The second-order valence-corrected chi connectivity index (χ2v) is 4.14. The summed E-state index contributed by atoms with van der Waals surface area (Å²) in [6.07, 6.45) is -0.753. The number of phenolic OH excluding ortho intramolecular Hbond substituents is 1. The predicted molar refractivity (Wildman–Crippen MR) is 61.0 cm³/mol. The SMILES string of the molecule is Oc1cc(NCC(O)CCl)c(F)cc1Br. The molecule has 0 saturated carbocycles. The highest BCUT2D eigenvalue weighted by atomic mass is 79.9. The fourth-order valence-corrected chi connectivity index (χ4v) is 1.38. The molecule has 0 radical (unpaired) electrons. The Morgan fingerprint density at radius 2 is 2.20 bits per heavy atom. The molecule has 15 heavy (non-hydrogen) atoms. The van der Waals surface area contributed by atoms with Crippen LogP contribution in [-0.2, 0) is 0 Å². The van der Waals surface area contributed by atoms with Crippen LogP contribution in [0.2, 0.25) is 0 Å². The first-order chi connectivity index (χ1) is 7.04. The number of aromatic hydroxyl groups is 1. The summed E-state index contributed by atoms with van der Waals surface area (Å²) >= 11 is 8.36. The topological polar surface area (TPSA) is 52.5 Å². The third kappa shape index (κ3) is 3.52. The zero-order valence-corrected chi connectivity index (χ0v) is 10.0. The lowest BCUT2D eigenvalue weighted by molar-refractivity contribution is 0.211.